The predicted molar refractivity (Wildman–Crippen MR) is 49.6 cm³/mol. The highest BCUT2D eigenvalue weighted by Crippen LogP contribution is 2.44. The van der Waals surface area contributed by atoms with Gasteiger partial charge < -0.3 is 0 Å². The Hall–Kier alpha value is -1.21. The smallest absolute Gasteiger partial charge is 0.246 e. The van der Waals surface area contributed by atoms with Crippen molar-refractivity contribution >= 4 is 0 Å². The number of rotatable bonds is 4. The molecule has 1 heterocycles. The molecule has 3 nitrogen and oxygen atoms in total. The van der Waals surface area contributed by atoms with Crippen molar-refractivity contribution in [2.75, 3.05) is 0 Å². The lowest BCUT2D eigenvalue weighted by atomic mass is 10.1. The molecular weight excluding hydrogens is 245 g/mol. The number of aromatic nitrogens is 3. The van der Waals surface area contributed by atoms with E-state index in [1.54, 1.807) is 6.92 Å². The van der Waals surface area contributed by atoms with Crippen LogP contribution in [0.15, 0.2) is 0 Å². The second-order valence-electron chi connectivity index (χ2n) is 3.68. The third-order valence-electron chi connectivity index (χ3n) is 2.32. The Balaban J connectivity index is 3.16. The van der Waals surface area contributed by atoms with Crippen LogP contribution in [-0.4, -0.2) is 21.2 Å². The van der Waals surface area contributed by atoms with Crippen LogP contribution in [0, 0.1) is 0 Å². The van der Waals surface area contributed by atoms with Gasteiger partial charge in [0, 0.05) is 7.05 Å². The second-order valence-corrected chi connectivity index (χ2v) is 3.68. The van der Waals surface area contributed by atoms with E-state index in [2.05, 4.69) is 10.3 Å². The minimum absolute atomic E-state index is 0.0609. The van der Waals surface area contributed by atoms with Gasteiger partial charge in [0.15, 0.2) is 0 Å². The number of aryl methyl sites for hydroxylation is 2. The number of unbranched alkanes of at least 4 members (excludes halogenated alkanes) is 1. The number of hydrogen-bond donors (Lipinski definition) is 0. The molecule has 0 aliphatic heterocycles. The van der Waals surface area contributed by atoms with E-state index in [9.17, 15) is 22.0 Å². The van der Waals surface area contributed by atoms with Gasteiger partial charge >= 0.3 is 12.1 Å². The third kappa shape index (κ3) is 2.55. The van der Waals surface area contributed by atoms with Crippen LogP contribution in [0.25, 0.3) is 0 Å². The molecule has 98 valence electrons. The molecule has 0 atom stereocenters. The van der Waals surface area contributed by atoms with Crippen molar-refractivity contribution in [3.63, 3.8) is 0 Å². The molecule has 0 spiro atoms. The lowest BCUT2D eigenvalue weighted by molar-refractivity contribution is -0.292. The van der Waals surface area contributed by atoms with Crippen molar-refractivity contribution < 1.29 is 22.0 Å². The fourth-order valence-corrected chi connectivity index (χ4v) is 1.43. The maximum absolute atomic E-state index is 13.2. The predicted octanol–water partition coefficient (Wildman–Crippen LogP) is 2.81. The van der Waals surface area contributed by atoms with E-state index < -0.39 is 17.8 Å². The van der Waals surface area contributed by atoms with Crippen molar-refractivity contribution in [2.24, 2.45) is 7.05 Å². The van der Waals surface area contributed by atoms with Gasteiger partial charge in [0.2, 0.25) is 0 Å². The van der Waals surface area contributed by atoms with Crippen molar-refractivity contribution in [1.82, 2.24) is 15.0 Å². The van der Waals surface area contributed by atoms with Gasteiger partial charge in [-0.25, -0.2) is 4.68 Å². The first-order chi connectivity index (χ1) is 7.71. The van der Waals surface area contributed by atoms with Gasteiger partial charge in [-0.05, 0) is 12.8 Å². The summed E-state index contributed by atoms with van der Waals surface area (Å²) in [6.07, 6.45) is -4.41. The van der Waals surface area contributed by atoms with Gasteiger partial charge in [-0.3, -0.25) is 0 Å². The third-order valence-corrected chi connectivity index (χ3v) is 2.32. The first-order valence-corrected chi connectivity index (χ1v) is 5.05. The summed E-state index contributed by atoms with van der Waals surface area (Å²) in [6, 6.07) is 0. The summed E-state index contributed by atoms with van der Waals surface area (Å²) >= 11 is 0. The molecule has 0 aliphatic carbocycles. The van der Waals surface area contributed by atoms with Crippen LogP contribution in [0.2, 0.25) is 0 Å². The van der Waals surface area contributed by atoms with Crippen LogP contribution in [0.4, 0.5) is 22.0 Å². The average molecular weight is 257 g/mol. The van der Waals surface area contributed by atoms with Gasteiger partial charge in [0.05, 0.1) is 5.69 Å². The molecule has 0 saturated heterocycles. The minimum Gasteiger partial charge on any atom is -0.246 e. The van der Waals surface area contributed by atoms with Gasteiger partial charge in [-0.1, -0.05) is 18.6 Å². The van der Waals surface area contributed by atoms with Crippen molar-refractivity contribution in [2.45, 2.75) is 38.3 Å². The molecule has 17 heavy (non-hydrogen) atoms. The molecule has 8 heteroatoms. The highest BCUT2D eigenvalue weighted by Gasteiger charge is 2.61. The van der Waals surface area contributed by atoms with E-state index in [0.717, 1.165) is 7.05 Å². The fraction of sp³-hybridized carbons (Fsp3) is 0.778. The molecule has 0 N–H and O–H groups in total. The van der Waals surface area contributed by atoms with Crippen LogP contribution in [-0.2, 0) is 19.4 Å². The number of halogens is 5. The monoisotopic (exact) mass is 257 g/mol. The molecule has 1 aromatic heterocycles. The Bertz CT molecular complexity index is 382. The minimum atomic E-state index is -5.64. The molecule has 1 aromatic rings. The molecule has 0 fully saturated rings. The van der Waals surface area contributed by atoms with Gasteiger partial charge in [-0.15, -0.1) is 5.10 Å². The normalized spacial score (nSPS) is 13.1. The Labute approximate surface area is 94.6 Å². The van der Waals surface area contributed by atoms with Crippen LogP contribution < -0.4 is 0 Å². The summed E-state index contributed by atoms with van der Waals surface area (Å²) in [5.41, 5.74) is -1.46. The summed E-state index contributed by atoms with van der Waals surface area (Å²) in [6.45, 7) is 1.80. The van der Waals surface area contributed by atoms with E-state index in [4.69, 9.17) is 0 Å². The number of alkyl halides is 5. The van der Waals surface area contributed by atoms with Crippen molar-refractivity contribution in [3.8, 4) is 0 Å². The quantitative estimate of drug-likeness (QED) is 0.776. The van der Waals surface area contributed by atoms with Crippen LogP contribution in [0.3, 0.4) is 0 Å². The Kier molecular flexibility index (Phi) is 3.73. The maximum Gasteiger partial charge on any atom is 0.459 e. The fourth-order valence-electron chi connectivity index (χ4n) is 1.43. The summed E-state index contributed by atoms with van der Waals surface area (Å²) in [7, 11) is 1.03. The number of nitrogens with zero attached hydrogens (tertiary/aromatic N) is 3. The Morgan fingerprint density at radius 3 is 2.24 bits per heavy atom. The Morgan fingerprint density at radius 1 is 1.18 bits per heavy atom. The summed E-state index contributed by atoms with van der Waals surface area (Å²) < 4.78 is 63.7. The molecule has 1 rings (SSSR count). The van der Waals surface area contributed by atoms with E-state index in [1.165, 1.54) is 0 Å². The highest BCUT2D eigenvalue weighted by molar-refractivity contribution is 5.18. The van der Waals surface area contributed by atoms with E-state index >= 15 is 0 Å². The maximum atomic E-state index is 13.2. The first-order valence-electron chi connectivity index (χ1n) is 5.05. The zero-order valence-corrected chi connectivity index (χ0v) is 9.35. The SMILES string of the molecule is CCCCc1nnn(C)c1C(F)(F)C(F)(F)F. The molecule has 0 aliphatic rings. The standard InChI is InChI=1S/C9H12F5N3/c1-3-4-5-6-7(17(2)16-15-6)8(10,11)9(12,13)14/h3-5H2,1-2H3. The molecular formula is C9H12F5N3. The van der Waals surface area contributed by atoms with Crippen LogP contribution in [0.1, 0.15) is 31.2 Å². The van der Waals surface area contributed by atoms with Crippen molar-refractivity contribution in [1.29, 1.82) is 0 Å². The van der Waals surface area contributed by atoms with E-state index in [-0.39, 0.29) is 12.1 Å². The number of hydrogen-bond acceptors (Lipinski definition) is 2. The Morgan fingerprint density at radius 2 is 1.76 bits per heavy atom. The largest absolute Gasteiger partial charge is 0.459 e. The van der Waals surface area contributed by atoms with Crippen LogP contribution in [0.5, 0.6) is 0 Å². The summed E-state index contributed by atoms with van der Waals surface area (Å²) in [5, 5.41) is 6.60. The summed E-state index contributed by atoms with van der Waals surface area (Å²) in [4.78, 5) is 0. The highest BCUT2D eigenvalue weighted by atomic mass is 19.4. The molecule has 0 unspecified atom stereocenters. The first kappa shape index (κ1) is 13.9. The molecule has 0 radical (unpaired) electrons. The van der Waals surface area contributed by atoms with Crippen LogP contribution >= 0.6 is 0 Å². The second kappa shape index (κ2) is 4.58. The molecule has 0 bridgehead atoms. The zero-order valence-electron chi connectivity index (χ0n) is 9.35. The van der Waals surface area contributed by atoms with Gasteiger partial charge in [0.25, 0.3) is 0 Å². The molecule has 0 aromatic carbocycles. The lowest BCUT2D eigenvalue weighted by Gasteiger charge is -2.20. The van der Waals surface area contributed by atoms with Gasteiger partial charge in [0.1, 0.15) is 5.69 Å². The molecule has 0 amide bonds. The zero-order chi connectivity index (χ0) is 13.3. The molecule has 0 saturated carbocycles. The lowest BCUT2D eigenvalue weighted by Crippen LogP contribution is -2.36. The topological polar surface area (TPSA) is 30.7 Å². The summed E-state index contributed by atoms with van der Waals surface area (Å²) in [5.74, 6) is -4.92. The van der Waals surface area contributed by atoms with E-state index in [1.807, 2.05) is 0 Å². The van der Waals surface area contributed by atoms with Gasteiger partial charge in [-0.2, -0.15) is 22.0 Å². The average Bonchev–Trinajstić information content (AvgIpc) is 2.55. The van der Waals surface area contributed by atoms with E-state index in [0.29, 0.717) is 17.5 Å². The van der Waals surface area contributed by atoms with Crippen molar-refractivity contribution in [3.05, 3.63) is 11.4 Å².